The lowest BCUT2D eigenvalue weighted by atomic mass is 10.0. The van der Waals surface area contributed by atoms with Gasteiger partial charge in [0.15, 0.2) is 17.1 Å². The van der Waals surface area contributed by atoms with Gasteiger partial charge in [-0.2, -0.15) is 4.98 Å². The van der Waals surface area contributed by atoms with E-state index < -0.39 is 0 Å². The molecular weight excluding hydrogens is 384 g/mol. The molecule has 0 aliphatic rings. The topological polar surface area (TPSA) is 118 Å². The van der Waals surface area contributed by atoms with Gasteiger partial charge in [-0.25, -0.2) is 0 Å². The number of aromatic nitrogens is 1. The van der Waals surface area contributed by atoms with E-state index in [4.69, 9.17) is 30.1 Å². The van der Waals surface area contributed by atoms with Gasteiger partial charge in [0.25, 0.3) is 6.01 Å². The first-order valence-electron chi connectivity index (χ1n) is 9.16. The lowest BCUT2D eigenvalue weighted by Gasteiger charge is -2.14. The van der Waals surface area contributed by atoms with Gasteiger partial charge in [-0.3, -0.25) is 0 Å². The third-order valence-electron chi connectivity index (χ3n) is 4.73. The molecule has 4 rings (SSSR count). The maximum absolute atomic E-state index is 6.02. The molecule has 154 valence electrons. The summed E-state index contributed by atoms with van der Waals surface area (Å²) < 4.78 is 22.2. The maximum atomic E-state index is 6.02. The number of nitrogen functional groups attached to an aromatic ring is 2. The van der Waals surface area contributed by atoms with Crippen molar-refractivity contribution in [3.05, 3.63) is 48.5 Å². The Hall–Kier alpha value is -4.07. The predicted molar refractivity (Wildman–Crippen MR) is 118 cm³/mol. The van der Waals surface area contributed by atoms with Gasteiger partial charge in [0, 0.05) is 23.4 Å². The molecule has 5 N–H and O–H groups in total. The fraction of sp³-hybridized carbons (Fsp3) is 0.136. The van der Waals surface area contributed by atoms with Crippen molar-refractivity contribution in [1.29, 1.82) is 0 Å². The lowest BCUT2D eigenvalue weighted by molar-refractivity contribution is 0.324. The first kappa shape index (κ1) is 19.3. The smallest absolute Gasteiger partial charge is 0.300 e. The van der Waals surface area contributed by atoms with Gasteiger partial charge in [-0.15, -0.1) is 0 Å². The van der Waals surface area contributed by atoms with Crippen LogP contribution in [0.2, 0.25) is 0 Å². The van der Waals surface area contributed by atoms with Crippen LogP contribution in [-0.2, 0) is 0 Å². The van der Waals surface area contributed by atoms with Gasteiger partial charge in [-0.05, 0) is 23.8 Å². The SMILES string of the molecule is COc1cc(Nc2nc3cccc(-c4ccc(N)c(N)c4)c3o2)cc(OC)c1OC. The molecule has 8 heteroatoms. The van der Waals surface area contributed by atoms with E-state index in [-0.39, 0.29) is 0 Å². The Labute approximate surface area is 173 Å². The van der Waals surface area contributed by atoms with E-state index in [9.17, 15) is 0 Å². The minimum absolute atomic E-state index is 0.329. The van der Waals surface area contributed by atoms with Crippen LogP contribution in [0.3, 0.4) is 0 Å². The zero-order valence-corrected chi connectivity index (χ0v) is 16.9. The highest BCUT2D eigenvalue weighted by Crippen LogP contribution is 2.41. The van der Waals surface area contributed by atoms with Gasteiger partial charge in [-0.1, -0.05) is 18.2 Å². The first-order chi connectivity index (χ1) is 14.5. The highest BCUT2D eigenvalue weighted by atomic mass is 16.5. The van der Waals surface area contributed by atoms with Crippen LogP contribution in [0, 0.1) is 0 Å². The second kappa shape index (κ2) is 7.75. The Kier molecular flexibility index (Phi) is 4.97. The van der Waals surface area contributed by atoms with E-state index in [2.05, 4.69) is 10.3 Å². The Balaban J connectivity index is 1.74. The second-order valence-electron chi connectivity index (χ2n) is 6.56. The van der Waals surface area contributed by atoms with Gasteiger partial charge in [0.05, 0.1) is 32.7 Å². The maximum Gasteiger partial charge on any atom is 0.300 e. The van der Waals surface area contributed by atoms with Crippen LogP contribution in [0.15, 0.2) is 52.9 Å². The van der Waals surface area contributed by atoms with Gasteiger partial charge >= 0.3 is 0 Å². The number of nitrogens with zero attached hydrogens (tertiary/aromatic N) is 1. The molecule has 0 saturated heterocycles. The molecule has 1 heterocycles. The number of oxazole rings is 1. The second-order valence-corrected chi connectivity index (χ2v) is 6.56. The summed E-state index contributed by atoms with van der Waals surface area (Å²) in [6.45, 7) is 0. The molecule has 0 unspecified atom stereocenters. The molecule has 0 radical (unpaired) electrons. The minimum atomic E-state index is 0.329. The number of methoxy groups -OCH3 is 3. The Morgan fingerprint density at radius 2 is 1.60 bits per heavy atom. The average Bonchev–Trinajstić information content (AvgIpc) is 3.17. The van der Waals surface area contributed by atoms with E-state index in [0.29, 0.717) is 51.4 Å². The monoisotopic (exact) mass is 406 g/mol. The van der Waals surface area contributed by atoms with Crippen molar-refractivity contribution in [3.63, 3.8) is 0 Å². The molecule has 0 spiro atoms. The molecule has 0 atom stereocenters. The summed E-state index contributed by atoms with van der Waals surface area (Å²) in [5.74, 6) is 1.55. The van der Waals surface area contributed by atoms with Crippen molar-refractivity contribution in [2.75, 3.05) is 38.1 Å². The largest absolute Gasteiger partial charge is 0.493 e. The Morgan fingerprint density at radius 3 is 2.23 bits per heavy atom. The quantitative estimate of drug-likeness (QED) is 0.403. The molecule has 30 heavy (non-hydrogen) atoms. The molecule has 4 aromatic rings. The summed E-state index contributed by atoms with van der Waals surface area (Å²) in [6.07, 6.45) is 0. The Bertz CT molecular complexity index is 1190. The van der Waals surface area contributed by atoms with Crippen LogP contribution in [0.25, 0.3) is 22.2 Å². The average molecular weight is 406 g/mol. The molecule has 0 amide bonds. The van der Waals surface area contributed by atoms with Crippen LogP contribution in [0.1, 0.15) is 0 Å². The Morgan fingerprint density at radius 1 is 0.867 bits per heavy atom. The zero-order valence-electron chi connectivity index (χ0n) is 16.9. The summed E-state index contributed by atoms with van der Waals surface area (Å²) in [7, 11) is 4.68. The molecule has 0 aliphatic heterocycles. The minimum Gasteiger partial charge on any atom is -0.493 e. The van der Waals surface area contributed by atoms with Crippen LogP contribution >= 0.6 is 0 Å². The number of nitrogens with one attached hydrogen (secondary N) is 1. The number of anilines is 4. The summed E-state index contributed by atoms with van der Waals surface area (Å²) >= 11 is 0. The normalized spacial score (nSPS) is 10.8. The highest BCUT2D eigenvalue weighted by molar-refractivity contribution is 5.92. The highest BCUT2D eigenvalue weighted by Gasteiger charge is 2.16. The van der Waals surface area contributed by atoms with Gasteiger partial charge < -0.3 is 35.4 Å². The van der Waals surface area contributed by atoms with Crippen molar-refractivity contribution in [2.24, 2.45) is 0 Å². The molecule has 0 saturated carbocycles. The van der Waals surface area contributed by atoms with E-state index in [1.807, 2.05) is 30.3 Å². The first-order valence-corrected chi connectivity index (χ1v) is 9.16. The van der Waals surface area contributed by atoms with Crippen molar-refractivity contribution in [2.45, 2.75) is 0 Å². The number of hydrogen-bond donors (Lipinski definition) is 3. The van der Waals surface area contributed by atoms with Gasteiger partial charge in [0.2, 0.25) is 5.75 Å². The summed E-state index contributed by atoms with van der Waals surface area (Å²) in [5, 5.41) is 3.16. The van der Waals surface area contributed by atoms with E-state index >= 15 is 0 Å². The summed E-state index contributed by atoms with van der Waals surface area (Å²) in [4.78, 5) is 4.54. The van der Waals surface area contributed by atoms with Crippen molar-refractivity contribution in [3.8, 4) is 28.4 Å². The molecule has 1 aromatic heterocycles. The van der Waals surface area contributed by atoms with Gasteiger partial charge in [0.1, 0.15) is 5.52 Å². The molecular formula is C22H22N4O4. The third-order valence-corrected chi connectivity index (χ3v) is 4.73. The zero-order chi connectivity index (χ0) is 21.3. The summed E-state index contributed by atoms with van der Waals surface area (Å²) in [6, 6.07) is 15.1. The molecule has 0 fully saturated rings. The fourth-order valence-electron chi connectivity index (χ4n) is 3.25. The van der Waals surface area contributed by atoms with E-state index in [0.717, 1.165) is 11.1 Å². The standard InChI is InChI=1S/C22H22N4O4/c1-27-18-10-13(11-19(28-2)21(18)29-3)25-22-26-17-6-4-5-14(20(17)30-22)12-7-8-15(23)16(24)9-12/h4-11H,23-24H2,1-3H3,(H,25,26). The number of ether oxygens (including phenoxy) is 3. The van der Waals surface area contributed by atoms with E-state index in [1.54, 1.807) is 39.5 Å². The fourth-order valence-corrected chi connectivity index (χ4v) is 3.25. The van der Waals surface area contributed by atoms with Crippen LogP contribution in [-0.4, -0.2) is 26.3 Å². The molecule has 3 aromatic carbocycles. The number of nitrogens with two attached hydrogens (primary N) is 2. The number of rotatable bonds is 6. The van der Waals surface area contributed by atoms with Crippen LogP contribution in [0.5, 0.6) is 17.2 Å². The number of fused-ring (bicyclic) bond motifs is 1. The number of hydrogen-bond acceptors (Lipinski definition) is 8. The number of para-hydroxylation sites is 1. The van der Waals surface area contributed by atoms with Crippen LogP contribution in [0.4, 0.5) is 23.1 Å². The summed E-state index contributed by atoms with van der Waals surface area (Å²) in [5.41, 5.74) is 16.6. The lowest BCUT2D eigenvalue weighted by Crippen LogP contribution is -1.97. The van der Waals surface area contributed by atoms with Crippen molar-refractivity contribution < 1.29 is 18.6 Å². The third kappa shape index (κ3) is 3.39. The van der Waals surface area contributed by atoms with Crippen LogP contribution < -0.4 is 31.0 Å². The molecule has 8 nitrogen and oxygen atoms in total. The van der Waals surface area contributed by atoms with E-state index in [1.165, 1.54) is 0 Å². The molecule has 0 aliphatic carbocycles. The van der Waals surface area contributed by atoms with Crippen molar-refractivity contribution >= 4 is 34.2 Å². The predicted octanol–water partition coefficient (Wildman–Crippen LogP) is 4.43. The molecule has 0 bridgehead atoms. The van der Waals surface area contributed by atoms with Crippen molar-refractivity contribution in [1.82, 2.24) is 4.98 Å². The number of benzene rings is 3.